The monoisotopic (exact) mass is 621 g/mol. The lowest BCUT2D eigenvalue weighted by atomic mass is 9.99. The molecule has 1 aromatic carbocycles. The molecule has 0 fully saturated rings. The molecule has 2 nitrogen and oxygen atoms in total. The first-order chi connectivity index (χ1) is 16.7. The number of amides is 1. The van der Waals surface area contributed by atoms with E-state index >= 15 is 0 Å². The minimum atomic E-state index is -4.99. The Labute approximate surface area is 229 Å². The van der Waals surface area contributed by atoms with E-state index in [-0.39, 0.29) is 35.0 Å². The summed E-state index contributed by atoms with van der Waals surface area (Å²) in [5, 5.41) is 2.88. The van der Waals surface area contributed by atoms with Crippen LogP contribution in [0.4, 0.5) is 26.3 Å². The van der Waals surface area contributed by atoms with Crippen LogP contribution >= 0.6 is 7.26 Å². The lowest BCUT2D eigenvalue weighted by Crippen LogP contribution is -3.00. The molecule has 37 heavy (non-hydrogen) atoms. The third-order valence-electron chi connectivity index (χ3n) is 7.04. The van der Waals surface area contributed by atoms with Crippen LogP contribution in [-0.4, -0.2) is 36.6 Å². The highest BCUT2D eigenvalue weighted by Crippen LogP contribution is 2.61. The van der Waals surface area contributed by atoms with Gasteiger partial charge in [-0.2, -0.15) is 26.3 Å². The van der Waals surface area contributed by atoms with Crippen LogP contribution in [0.15, 0.2) is 18.2 Å². The zero-order valence-corrected chi connectivity index (χ0v) is 25.1. The Morgan fingerprint density at radius 3 is 1.54 bits per heavy atom. The van der Waals surface area contributed by atoms with Crippen LogP contribution in [0.1, 0.15) is 101 Å². The highest BCUT2D eigenvalue weighted by Gasteiger charge is 2.41. The second-order valence-corrected chi connectivity index (χ2v) is 14.4. The van der Waals surface area contributed by atoms with Gasteiger partial charge in [-0.3, -0.25) is 4.79 Å². The molecule has 0 radical (unpaired) electrons. The fraction of sp³-hybridized carbons (Fsp3) is 0.741. The van der Waals surface area contributed by atoms with Crippen LogP contribution in [0.2, 0.25) is 0 Å². The minimum Gasteiger partial charge on any atom is -1.00 e. The van der Waals surface area contributed by atoms with Crippen molar-refractivity contribution in [3.8, 4) is 0 Å². The standard InChI is InChI=1S/C27H42F6NOP.BrH/c1-6-10-13-36(14-11-7-2,15-12-8-3)19-24(20(5)9-4)34-25(35)21-16-22(26(28,29)30)18-23(17-21)27(31,32)33;/h16-18,20,24H,6-15,19H2,1-5H3;1H/t20-,24+;/m0./s1. The SMILES string of the molecule is CCCC[P+](CCCC)(CCCC)C[C@@H](NC(=O)c1cc(C(F)(F)F)cc(C(F)(F)F)c1)[C@@H](C)CC.[Br-]. The van der Waals surface area contributed by atoms with Crippen molar-refractivity contribution in [1.82, 2.24) is 5.32 Å². The molecule has 0 spiro atoms. The first-order valence-corrected chi connectivity index (χ1v) is 15.7. The van der Waals surface area contributed by atoms with Gasteiger partial charge >= 0.3 is 12.4 Å². The largest absolute Gasteiger partial charge is 1.00 e. The Kier molecular flexibility index (Phi) is 16.0. The maximum atomic E-state index is 13.3. The van der Waals surface area contributed by atoms with Crippen LogP contribution < -0.4 is 22.3 Å². The minimum absolute atomic E-state index is 0. The Hall–Kier alpha value is -0.820. The molecule has 1 aromatic rings. The maximum Gasteiger partial charge on any atom is 0.416 e. The summed E-state index contributed by atoms with van der Waals surface area (Å²) < 4.78 is 80.0. The summed E-state index contributed by atoms with van der Waals surface area (Å²) in [6.07, 6.45) is 1.30. The van der Waals surface area contributed by atoms with Gasteiger partial charge in [0.05, 0.1) is 41.8 Å². The van der Waals surface area contributed by atoms with Gasteiger partial charge in [0.1, 0.15) is 0 Å². The van der Waals surface area contributed by atoms with Crippen molar-refractivity contribution < 1.29 is 48.1 Å². The highest BCUT2D eigenvalue weighted by atomic mass is 79.9. The van der Waals surface area contributed by atoms with Crippen LogP contribution in [-0.2, 0) is 12.4 Å². The average Bonchev–Trinajstić information content (AvgIpc) is 2.82. The predicted molar refractivity (Wildman–Crippen MR) is 138 cm³/mol. The average molecular weight is 623 g/mol. The molecule has 0 aliphatic heterocycles. The lowest BCUT2D eigenvalue weighted by Gasteiger charge is -2.34. The van der Waals surface area contributed by atoms with E-state index in [0.29, 0.717) is 12.1 Å². The van der Waals surface area contributed by atoms with Gasteiger partial charge < -0.3 is 22.3 Å². The van der Waals surface area contributed by atoms with Crippen LogP contribution in [0.25, 0.3) is 0 Å². The second-order valence-electron chi connectivity index (χ2n) is 10.0. The summed E-state index contributed by atoms with van der Waals surface area (Å²) >= 11 is 0. The van der Waals surface area contributed by atoms with E-state index < -0.39 is 42.2 Å². The molecular weight excluding hydrogens is 579 g/mol. The molecule has 0 aliphatic carbocycles. The third-order valence-corrected chi connectivity index (χ3v) is 12.0. The molecule has 0 saturated carbocycles. The molecule has 0 unspecified atom stereocenters. The van der Waals surface area contributed by atoms with Crippen LogP contribution in [0.3, 0.4) is 0 Å². The summed E-state index contributed by atoms with van der Waals surface area (Å²) in [5.41, 5.74) is -3.55. The highest BCUT2D eigenvalue weighted by molar-refractivity contribution is 7.75. The molecule has 0 aliphatic rings. The van der Waals surface area contributed by atoms with Gasteiger partial charge in [0.15, 0.2) is 0 Å². The second kappa shape index (κ2) is 16.3. The number of nitrogens with one attached hydrogen (secondary N) is 1. The van der Waals surface area contributed by atoms with Crippen LogP contribution in [0, 0.1) is 5.92 Å². The number of unbranched alkanes of at least 4 members (excludes halogenated alkanes) is 3. The number of hydrogen-bond donors (Lipinski definition) is 1. The van der Waals surface area contributed by atoms with E-state index in [9.17, 15) is 31.1 Å². The zero-order chi connectivity index (χ0) is 27.6. The molecule has 0 heterocycles. The van der Waals surface area contributed by atoms with Crippen molar-refractivity contribution in [3.63, 3.8) is 0 Å². The van der Waals surface area contributed by atoms with Crippen molar-refractivity contribution in [3.05, 3.63) is 34.9 Å². The molecular formula is C27H43BrF6NOP. The zero-order valence-electron chi connectivity index (χ0n) is 22.7. The summed E-state index contributed by atoms with van der Waals surface area (Å²) in [5.74, 6) is -0.831. The molecule has 0 bridgehead atoms. The molecule has 0 saturated heterocycles. The Morgan fingerprint density at radius 1 is 0.811 bits per heavy atom. The molecule has 10 heteroatoms. The van der Waals surface area contributed by atoms with Crippen molar-refractivity contribution in [2.24, 2.45) is 5.92 Å². The molecule has 1 N–H and O–H groups in total. The molecule has 0 aromatic heterocycles. The number of hydrogen-bond acceptors (Lipinski definition) is 1. The smallest absolute Gasteiger partial charge is 0.416 e. The van der Waals surface area contributed by atoms with Crippen molar-refractivity contribution in [1.29, 1.82) is 0 Å². The van der Waals surface area contributed by atoms with Gasteiger partial charge in [0.2, 0.25) is 0 Å². The van der Waals surface area contributed by atoms with Crippen molar-refractivity contribution >= 4 is 13.2 Å². The normalized spacial score (nSPS) is 14.1. The topological polar surface area (TPSA) is 29.1 Å². The summed E-state index contributed by atoms with van der Waals surface area (Å²) in [6.45, 7) is 10.4. The number of carbonyl (C=O) groups excluding carboxylic acids is 1. The Balaban J connectivity index is 0.0000130. The number of carbonyl (C=O) groups is 1. The summed E-state index contributed by atoms with van der Waals surface area (Å²) in [6, 6.07) is 0.794. The fourth-order valence-corrected chi connectivity index (χ4v) is 9.96. The molecule has 2 atom stereocenters. The third kappa shape index (κ3) is 11.8. The van der Waals surface area contributed by atoms with Gasteiger partial charge in [0.25, 0.3) is 5.91 Å². The number of alkyl halides is 6. The maximum absolute atomic E-state index is 13.3. The summed E-state index contributed by atoms with van der Waals surface area (Å²) in [4.78, 5) is 13.1. The van der Waals surface area contributed by atoms with Gasteiger partial charge in [0, 0.05) is 12.8 Å². The quantitative estimate of drug-likeness (QED) is 0.181. The van der Waals surface area contributed by atoms with Gasteiger partial charge in [-0.15, -0.1) is 0 Å². The first kappa shape index (κ1) is 36.2. The van der Waals surface area contributed by atoms with E-state index in [4.69, 9.17) is 0 Å². The number of halogens is 7. The lowest BCUT2D eigenvalue weighted by molar-refractivity contribution is -0.143. The van der Waals surface area contributed by atoms with E-state index in [1.807, 2.05) is 13.8 Å². The van der Waals surface area contributed by atoms with Gasteiger partial charge in [-0.25, -0.2) is 0 Å². The fourth-order valence-electron chi connectivity index (χ4n) is 4.50. The van der Waals surface area contributed by atoms with E-state index in [1.165, 1.54) is 0 Å². The van der Waals surface area contributed by atoms with Crippen molar-refractivity contribution in [2.75, 3.05) is 24.6 Å². The molecule has 1 rings (SSSR count). The van der Waals surface area contributed by atoms with Crippen LogP contribution in [0.5, 0.6) is 0 Å². The predicted octanol–water partition coefficient (Wildman–Crippen LogP) is 6.29. The van der Waals surface area contributed by atoms with Crippen molar-refractivity contribution in [2.45, 2.75) is 98.0 Å². The van der Waals surface area contributed by atoms with Gasteiger partial charge in [-0.05, 0) is 43.4 Å². The number of benzene rings is 1. The molecule has 1 amide bonds. The van der Waals surface area contributed by atoms with Gasteiger partial charge in [-0.1, -0.05) is 60.3 Å². The Morgan fingerprint density at radius 2 is 1.22 bits per heavy atom. The van der Waals surface area contributed by atoms with E-state index in [2.05, 4.69) is 26.1 Å². The van der Waals surface area contributed by atoms with E-state index in [0.717, 1.165) is 69.6 Å². The molecule has 216 valence electrons. The Bertz CT molecular complexity index is 761. The van der Waals surface area contributed by atoms with E-state index in [1.54, 1.807) is 0 Å². The first-order valence-electron chi connectivity index (χ1n) is 13.2. The summed E-state index contributed by atoms with van der Waals surface area (Å²) in [7, 11) is -1.46. The number of rotatable bonds is 15.